The van der Waals surface area contributed by atoms with Gasteiger partial charge in [-0.15, -0.1) is 10.2 Å². The summed E-state index contributed by atoms with van der Waals surface area (Å²) in [6.07, 6.45) is 0. The number of amides is 1. The Kier molecular flexibility index (Phi) is 4.49. The number of rotatable bonds is 4. The highest BCUT2D eigenvalue weighted by molar-refractivity contribution is 8.00. The van der Waals surface area contributed by atoms with Gasteiger partial charge in [0.1, 0.15) is 11.3 Å². The number of nitrogens with zero attached hydrogens (tertiary/aromatic N) is 3. The number of hydrogen-bond acceptors (Lipinski definition) is 5. The van der Waals surface area contributed by atoms with Crippen LogP contribution >= 0.6 is 11.8 Å². The van der Waals surface area contributed by atoms with Crippen LogP contribution in [0.5, 0.6) is 0 Å². The molecule has 2 aromatic heterocycles. The smallest absolute Gasteiger partial charge is 0.237 e. The molecule has 0 aliphatic heterocycles. The lowest BCUT2D eigenvalue weighted by Gasteiger charge is -2.12. The summed E-state index contributed by atoms with van der Waals surface area (Å²) in [6.45, 7) is 3.72. The van der Waals surface area contributed by atoms with E-state index in [-0.39, 0.29) is 11.7 Å². The van der Waals surface area contributed by atoms with E-state index in [4.69, 9.17) is 0 Å². The third kappa shape index (κ3) is 3.48. The summed E-state index contributed by atoms with van der Waals surface area (Å²) in [5.41, 5.74) is 3.53. The van der Waals surface area contributed by atoms with Gasteiger partial charge in [-0.05, 0) is 43.7 Å². The summed E-state index contributed by atoms with van der Waals surface area (Å²) >= 11 is 1.21. The topological polar surface area (TPSA) is 83.6 Å². The Morgan fingerprint density at radius 2 is 2.04 bits per heavy atom. The van der Waals surface area contributed by atoms with Gasteiger partial charge in [0.25, 0.3) is 0 Å². The van der Waals surface area contributed by atoms with Crippen LogP contribution < -0.4 is 5.32 Å². The molecule has 4 aromatic rings. The minimum atomic E-state index is -0.411. The number of aromatic amines is 1. The van der Waals surface area contributed by atoms with Gasteiger partial charge in [-0.2, -0.15) is 0 Å². The quantitative estimate of drug-likeness (QED) is 0.521. The molecule has 0 radical (unpaired) electrons. The van der Waals surface area contributed by atoms with Gasteiger partial charge in [0.15, 0.2) is 5.65 Å². The highest BCUT2D eigenvalue weighted by Gasteiger charge is 2.18. The molecule has 6 nitrogen and oxygen atoms in total. The normalized spacial score (nSPS) is 12.4. The first-order valence-corrected chi connectivity index (χ1v) is 9.24. The molecule has 2 N–H and O–H groups in total. The van der Waals surface area contributed by atoms with Gasteiger partial charge in [0.2, 0.25) is 11.1 Å². The van der Waals surface area contributed by atoms with Crippen molar-refractivity contribution in [2.24, 2.45) is 0 Å². The van der Waals surface area contributed by atoms with Crippen LogP contribution in [0.3, 0.4) is 0 Å². The Hall–Kier alpha value is -3.00. The predicted molar refractivity (Wildman–Crippen MR) is 104 cm³/mol. The van der Waals surface area contributed by atoms with Crippen molar-refractivity contribution in [3.05, 3.63) is 53.8 Å². The summed E-state index contributed by atoms with van der Waals surface area (Å²) in [6, 6.07) is 12.0. The molecule has 0 saturated carbocycles. The van der Waals surface area contributed by atoms with Crippen molar-refractivity contribution >= 4 is 45.4 Å². The Balaban J connectivity index is 1.54. The second-order valence-electron chi connectivity index (χ2n) is 6.17. The van der Waals surface area contributed by atoms with E-state index < -0.39 is 5.25 Å². The number of carbonyl (C=O) groups excluding carboxylic acids is 1. The van der Waals surface area contributed by atoms with E-state index in [2.05, 4.69) is 25.5 Å². The summed E-state index contributed by atoms with van der Waals surface area (Å²) in [7, 11) is 0. The highest BCUT2D eigenvalue weighted by Crippen LogP contribution is 2.26. The van der Waals surface area contributed by atoms with Crippen molar-refractivity contribution in [3.8, 4) is 0 Å². The van der Waals surface area contributed by atoms with Gasteiger partial charge in [0.05, 0.1) is 5.25 Å². The average Bonchev–Trinajstić information content (AvgIpc) is 3.00. The van der Waals surface area contributed by atoms with Gasteiger partial charge in [-0.3, -0.25) is 4.79 Å². The molecule has 1 atom stereocenters. The number of aryl methyl sites for hydroxylation is 1. The van der Waals surface area contributed by atoms with Crippen LogP contribution in [0.1, 0.15) is 12.5 Å². The molecule has 0 saturated heterocycles. The van der Waals surface area contributed by atoms with Crippen molar-refractivity contribution in [1.29, 1.82) is 0 Å². The number of para-hydroxylation sites is 1. The molecule has 1 unspecified atom stereocenters. The van der Waals surface area contributed by atoms with Crippen LogP contribution in [0.2, 0.25) is 0 Å². The SMILES string of the molecule is Cc1ccccc1NC(=O)C(C)Sc1nnc2c(n1)[nH]c1ccc(F)cc12. The van der Waals surface area contributed by atoms with Crippen molar-refractivity contribution in [3.63, 3.8) is 0 Å². The number of thioether (sulfide) groups is 1. The highest BCUT2D eigenvalue weighted by atomic mass is 32.2. The Labute approximate surface area is 158 Å². The van der Waals surface area contributed by atoms with Crippen molar-refractivity contribution in [2.75, 3.05) is 5.32 Å². The van der Waals surface area contributed by atoms with E-state index in [9.17, 15) is 9.18 Å². The second-order valence-corrected chi connectivity index (χ2v) is 7.48. The molecule has 136 valence electrons. The first-order valence-electron chi connectivity index (χ1n) is 8.36. The number of halogens is 1. The largest absolute Gasteiger partial charge is 0.338 e. The summed E-state index contributed by atoms with van der Waals surface area (Å²) in [4.78, 5) is 20.0. The Morgan fingerprint density at radius 1 is 1.22 bits per heavy atom. The number of anilines is 1. The van der Waals surface area contributed by atoms with Crippen LogP contribution in [-0.2, 0) is 4.79 Å². The van der Waals surface area contributed by atoms with E-state index in [1.54, 1.807) is 13.0 Å². The molecule has 0 bridgehead atoms. The molecule has 0 aliphatic carbocycles. The van der Waals surface area contributed by atoms with Crippen molar-refractivity contribution in [1.82, 2.24) is 20.2 Å². The maximum absolute atomic E-state index is 13.5. The minimum absolute atomic E-state index is 0.142. The fraction of sp³-hybridized carbons (Fsp3) is 0.158. The number of H-pyrrole nitrogens is 1. The molecule has 8 heteroatoms. The van der Waals surface area contributed by atoms with E-state index >= 15 is 0 Å². The maximum atomic E-state index is 13.5. The van der Waals surface area contributed by atoms with E-state index in [0.29, 0.717) is 21.7 Å². The average molecular weight is 381 g/mol. The molecule has 27 heavy (non-hydrogen) atoms. The van der Waals surface area contributed by atoms with E-state index in [1.807, 2.05) is 31.2 Å². The first kappa shape index (κ1) is 17.4. The van der Waals surface area contributed by atoms with Crippen LogP contribution in [-0.4, -0.2) is 31.3 Å². The molecular formula is C19H16FN5OS. The zero-order valence-electron chi connectivity index (χ0n) is 14.7. The fourth-order valence-electron chi connectivity index (χ4n) is 2.74. The maximum Gasteiger partial charge on any atom is 0.237 e. The lowest BCUT2D eigenvalue weighted by atomic mass is 10.2. The number of carbonyl (C=O) groups is 1. The molecular weight excluding hydrogens is 365 g/mol. The molecule has 2 aromatic carbocycles. The molecule has 0 spiro atoms. The number of nitrogens with one attached hydrogen (secondary N) is 2. The molecule has 1 amide bonds. The Morgan fingerprint density at radius 3 is 2.85 bits per heavy atom. The van der Waals surface area contributed by atoms with Gasteiger partial charge in [-0.25, -0.2) is 9.37 Å². The van der Waals surface area contributed by atoms with E-state index in [1.165, 1.54) is 23.9 Å². The molecule has 0 aliphatic rings. The number of hydrogen-bond donors (Lipinski definition) is 2. The van der Waals surface area contributed by atoms with Gasteiger partial charge >= 0.3 is 0 Å². The zero-order valence-corrected chi connectivity index (χ0v) is 15.5. The zero-order chi connectivity index (χ0) is 19.0. The predicted octanol–water partition coefficient (Wildman–Crippen LogP) is 4.07. The van der Waals surface area contributed by atoms with Crippen molar-refractivity contribution in [2.45, 2.75) is 24.3 Å². The summed E-state index contributed by atoms with van der Waals surface area (Å²) in [5, 5.41) is 11.7. The monoisotopic (exact) mass is 381 g/mol. The molecule has 4 rings (SSSR count). The van der Waals surface area contributed by atoms with Gasteiger partial charge in [0, 0.05) is 16.6 Å². The lowest BCUT2D eigenvalue weighted by molar-refractivity contribution is -0.115. The number of fused-ring (bicyclic) bond motifs is 3. The van der Waals surface area contributed by atoms with Gasteiger partial charge in [-0.1, -0.05) is 30.0 Å². The van der Waals surface area contributed by atoms with Crippen LogP contribution in [0.15, 0.2) is 47.6 Å². The summed E-state index contributed by atoms with van der Waals surface area (Å²) < 4.78 is 13.5. The number of aromatic nitrogens is 4. The Bertz CT molecular complexity index is 1160. The second kappa shape index (κ2) is 6.96. The lowest BCUT2D eigenvalue weighted by Crippen LogP contribution is -2.23. The molecule has 2 heterocycles. The van der Waals surface area contributed by atoms with E-state index in [0.717, 1.165) is 16.8 Å². The van der Waals surface area contributed by atoms with Crippen LogP contribution in [0.25, 0.3) is 22.1 Å². The fourth-order valence-corrected chi connectivity index (χ4v) is 3.45. The van der Waals surface area contributed by atoms with Crippen LogP contribution in [0.4, 0.5) is 10.1 Å². The number of benzene rings is 2. The third-order valence-corrected chi connectivity index (χ3v) is 5.16. The first-order chi connectivity index (χ1) is 13.0. The van der Waals surface area contributed by atoms with Crippen molar-refractivity contribution < 1.29 is 9.18 Å². The minimum Gasteiger partial charge on any atom is -0.338 e. The van der Waals surface area contributed by atoms with Gasteiger partial charge < -0.3 is 10.3 Å². The standard InChI is InChI=1S/C19H16FN5OS/c1-10-5-3-4-6-14(10)22-18(26)11(2)27-19-23-17-16(24-25-19)13-9-12(20)7-8-15(13)21-17/h3-9,11H,1-2H3,(H,22,26)(H,21,23,25). The third-order valence-electron chi connectivity index (χ3n) is 4.21. The summed E-state index contributed by atoms with van der Waals surface area (Å²) in [5.74, 6) is -0.484. The van der Waals surface area contributed by atoms with Crippen LogP contribution in [0, 0.1) is 12.7 Å². The molecule has 0 fully saturated rings.